The number of anilines is 1. The highest BCUT2D eigenvalue weighted by molar-refractivity contribution is 5.93. The van der Waals surface area contributed by atoms with Crippen LogP contribution in [0, 0.1) is 5.92 Å². The van der Waals surface area contributed by atoms with E-state index in [1.807, 2.05) is 0 Å². The van der Waals surface area contributed by atoms with E-state index >= 15 is 0 Å². The van der Waals surface area contributed by atoms with Crippen LogP contribution >= 0.6 is 0 Å². The van der Waals surface area contributed by atoms with Crippen molar-refractivity contribution in [3.63, 3.8) is 0 Å². The normalized spacial score (nSPS) is 21.0. The summed E-state index contributed by atoms with van der Waals surface area (Å²) in [5.74, 6) is 0.956. The zero-order valence-corrected chi connectivity index (χ0v) is 11.6. The van der Waals surface area contributed by atoms with E-state index in [2.05, 4.69) is 35.5 Å². The van der Waals surface area contributed by atoms with Crippen molar-refractivity contribution < 1.29 is 4.79 Å². The van der Waals surface area contributed by atoms with Crippen molar-refractivity contribution in [3.8, 4) is 0 Å². The molecule has 1 amide bonds. The molecule has 3 rings (SSSR count). The number of aryl methyl sites for hydroxylation is 1. The number of hydrogen-bond acceptors (Lipinski definition) is 2. The first-order chi connectivity index (χ1) is 9.20. The maximum absolute atomic E-state index is 11.4. The molecule has 0 aromatic heterocycles. The molecule has 1 fully saturated rings. The van der Waals surface area contributed by atoms with Crippen LogP contribution in [-0.2, 0) is 17.6 Å². The van der Waals surface area contributed by atoms with Crippen LogP contribution in [-0.4, -0.2) is 30.9 Å². The first-order valence-corrected chi connectivity index (χ1v) is 7.31. The molecule has 0 unspecified atom stereocenters. The molecule has 1 aromatic rings. The van der Waals surface area contributed by atoms with E-state index in [1.54, 1.807) is 0 Å². The average Bonchev–Trinajstić information content (AvgIpc) is 2.41. The Hall–Kier alpha value is -1.35. The molecular weight excluding hydrogens is 236 g/mol. The summed E-state index contributed by atoms with van der Waals surface area (Å²) in [5.41, 5.74) is 3.70. The van der Waals surface area contributed by atoms with Gasteiger partial charge in [-0.15, -0.1) is 0 Å². The highest BCUT2D eigenvalue weighted by Gasteiger charge is 2.19. The van der Waals surface area contributed by atoms with Gasteiger partial charge < -0.3 is 10.2 Å². The molecule has 2 heterocycles. The number of piperidine rings is 1. The summed E-state index contributed by atoms with van der Waals surface area (Å²) in [6.45, 7) is 2.43. The van der Waals surface area contributed by atoms with Crippen molar-refractivity contribution in [2.24, 2.45) is 5.92 Å². The molecule has 0 atom stereocenters. The quantitative estimate of drug-likeness (QED) is 0.883. The Morgan fingerprint density at radius 2 is 2.05 bits per heavy atom. The summed E-state index contributed by atoms with van der Waals surface area (Å²) in [7, 11) is 2.20. The van der Waals surface area contributed by atoms with E-state index in [-0.39, 0.29) is 5.91 Å². The lowest BCUT2D eigenvalue weighted by atomic mass is 9.89. The summed E-state index contributed by atoms with van der Waals surface area (Å²) < 4.78 is 0. The smallest absolute Gasteiger partial charge is 0.224 e. The van der Waals surface area contributed by atoms with Gasteiger partial charge in [0, 0.05) is 12.1 Å². The van der Waals surface area contributed by atoms with Crippen LogP contribution in [0.25, 0.3) is 0 Å². The van der Waals surface area contributed by atoms with Gasteiger partial charge in [0.1, 0.15) is 0 Å². The monoisotopic (exact) mass is 258 g/mol. The van der Waals surface area contributed by atoms with Crippen molar-refractivity contribution in [3.05, 3.63) is 29.3 Å². The Labute approximate surface area is 115 Å². The number of carbonyl (C=O) groups is 1. The number of amides is 1. The number of fused-ring (bicyclic) bond motifs is 1. The number of nitrogens with one attached hydrogen (secondary N) is 1. The van der Waals surface area contributed by atoms with Crippen molar-refractivity contribution in [2.75, 3.05) is 25.5 Å². The average molecular weight is 258 g/mol. The highest BCUT2D eigenvalue weighted by atomic mass is 16.1. The Balaban J connectivity index is 1.68. The summed E-state index contributed by atoms with van der Waals surface area (Å²) >= 11 is 0. The van der Waals surface area contributed by atoms with Crippen molar-refractivity contribution in [1.29, 1.82) is 0 Å². The molecule has 2 aliphatic heterocycles. The topological polar surface area (TPSA) is 32.3 Å². The predicted molar refractivity (Wildman–Crippen MR) is 77.3 cm³/mol. The zero-order valence-electron chi connectivity index (χ0n) is 11.6. The van der Waals surface area contributed by atoms with E-state index in [0.29, 0.717) is 6.42 Å². The van der Waals surface area contributed by atoms with E-state index in [4.69, 9.17) is 0 Å². The van der Waals surface area contributed by atoms with Crippen LogP contribution in [0.2, 0.25) is 0 Å². The number of nitrogens with zero attached hydrogens (tertiary/aromatic N) is 1. The van der Waals surface area contributed by atoms with E-state index < -0.39 is 0 Å². The van der Waals surface area contributed by atoms with Gasteiger partial charge in [-0.1, -0.05) is 12.1 Å². The van der Waals surface area contributed by atoms with Crippen molar-refractivity contribution in [2.45, 2.75) is 32.1 Å². The molecule has 0 spiro atoms. The lowest BCUT2D eigenvalue weighted by Gasteiger charge is -2.29. The lowest BCUT2D eigenvalue weighted by Crippen LogP contribution is -2.31. The molecule has 19 heavy (non-hydrogen) atoms. The third-order valence-electron chi connectivity index (χ3n) is 4.43. The van der Waals surface area contributed by atoms with Gasteiger partial charge in [-0.3, -0.25) is 4.79 Å². The third kappa shape index (κ3) is 2.98. The van der Waals surface area contributed by atoms with Gasteiger partial charge in [-0.05, 0) is 68.9 Å². The largest absolute Gasteiger partial charge is 0.326 e. The van der Waals surface area contributed by atoms with Crippen LogP contribution in [0.15, 0.2) is 18.2 Å². The lowest BCUT2D eigenvalue weighted by molar-refractivity contribution is -0.116. The van der Waals surface area contributed by atoms with Crippen LogP contribution in [0.4, 0.5) is 5.69 Å². The molecule has 1 aromatic carbocycles. The fourth-order valence-corrected chi connectivity index (χ4v) is 3.15. The van der Waals surface area contributed by atoms with Crippen LogP contribution in [0.1, 0.15) is 30.4 Å². The Kier molecular flexibility index (Phi) is 3.56. The van der Waals surface area contributed by atoms with E-state index in [1.165, 1.54) is 37.1 Å². The van der Waals surface area contributed by atoms with Gasteiger partial charge in [-0.25, -0.2) is 0 Å². The molecule has 2 aliphatic rings. The van der Waals surface area contributed by atoms with Gasteiger partial charge in [0.2, 0.25) is 5.91 Å². The highest BCUT2D eigenvalue weighted by Crippen LogP contribution is 2.27. The fourth-order valence-electron chi connectivity index (χ4n) is 3.15. The van der Waals surface area contributed by atoms with Crippen molar-refractivity contribution >= 4 is 11.6 Å². The standard InChI is InChI=1S/C16H22N2O/c1-18-8-6-12(7-9-18)10-13-2-3-14-4-5-16(19)17-15(14)11-13/h2-3,11-12H,4-10H2,1H3,(H,17,19). The number of benzene rings is 1. The maximum atomic E-state index is 11.4. The number of rotatable bonds is 2. The zero-order chi connectivity index (χ0) is 13.2. The second kappa shape index (κ2) is 5.33. The van der Waals surface area contributed by atoms with Crippen molar-refractivity contribution in [1.82, 2.24) is 4.90 Å². The first kappa shape index (κ1) is 12.7. The summed E-state index contributed by atoms with van der Waals surface area (Å²) in [4.78, 5) is 13.9. The van der Waals surface area contributed by atoms with Crippen LogP contribution in [0.3, 0.4) is 0 Å². The van der Waals surface area contributed by atoms with Gasteiger partial charge in [-0.2, -0.15) is 0 Å². The number of carbonyl (C=O) groups excluding carboxylic acids is 1. The van der Waals surface area contributed by atoms with Gasteiger partial charge >= 0.3 is 0 Å². The maximum Gasteiger partial charge on any atom is 0.224 e. The van der Waals surface area contributed by atoms with Gasteiger partial charge in [0.25, 0.3) is 0 Å². The Bertz CT molecular complexity index is 476. The minimum atomic E-state index is 0.156. The summed E-state index contributed by atoms with van der Waals surface area (Å²) in [5, 5.41) is 3.00. The fraction of sp³-hybridized carbons (Fsp3) is 0.562. The molecule has 3 heteroatoms. The van der Waals surface area contributed by atoms with E-state index in [0.717, 1.165) is 24.4 Å². The molecule has 0 aliphatic carbocycles. The minimum absolute atomic E-state index is 0.156. The Morgan fingerprint density at radius 3 is 2.84 bits per heavy atom. The molecule has 102 valence electrons. The first-order valence-electron chi connectivity index (χ1n) is 7.31. The SMILES string of the molecule is CN1CCC(Cc2ccc3c(c2)NC(=O)CC3)CC1. The van der Waals surface area contributed by atoms with Gasteiger partial charge in [0.15, 0.2) is 0 Å². The summed E-state index contributed by atoms with van der Waals surface area (Å²) in [6, 6.07) is 6.62. The predicted octanol–water partition coefficient (Wildman–Crippen LogP) is 2.46. The van der Waals surface area contributed by atoms with Gasteiger partial charge in [0.05, 0.1) is 0 Å². The molecule has 0 radical (unpaired) electrons. The molecule has 3 nitrogen and oxygen atoms in total. The molecule has 0 saturated carbocycles. The second-order valence-corrected chi connectivity index (χ2v) is 5.99. The third-order valence-corrected chi connectivity index (χ3v) is 4.43. The molecule has 1 saturated heterocycles. The second-order valence-electron chi connectivity index (χ2n) is 5.99. The summed E-state index contributed by atoms with van der Waals surface area (Å²) in [6.07, 6.45) is 5.24. The molecular formula is C16H22N2O. The number of hydrogen-bond donors (Lipinski definition) is 1. The minimum Gasteiger partial charge on any atom is -0.326 e. The number of likely N-dealkylation sites (tertiary alicyclic amines) is 1. The Morgan fingerprint density at radius 1 is 1.26 bits per heavy atom. The van der Waals surface area contributed by atoms with E-state index in [9.17, 15) is 4.79 Å². The molecule has 1 N–H and O–H groups in total. The van der Waals surface area contributed by atoms with Crippen LogP contribution < -0.4 is 5.32 Å². The van der Waals surface area contributed by atoms with Crippen LogP contribution in [0.5, 0.6) is 0 Å². The molecule has 0 bridgehead atoms.